The van der Waals surface area contributed by atoms with Gasteiger partial charge in [-0.25, -0.2) is 9.97 Å². The number of nitrogens with one attached hydrogen (secondary N) is 2. The van der Waals surface area contributed by atoms with Crippen molar-refractivity contribution < 1.29 is 4.79 Å². The van der Waals surface area contributed by atoms with E-state index in [9.17, 15) is 4.79 Å². The topological polar surface area (TPSA) is 70.2 Å². The van der Waals surface area contributed by atoms with Crippen molar-refractivity contribution in [2.45, 2.75) is 26.3 Å². The van der Waals surface area contributed by atoms with Crippen LogP contribution in [0.15, 0.2) is 24.4 Å². The van der Waals surface area contributed by atoms with Gasteiger partial charge in [-0.05, 0) is 37.1 Å². The van der Waals surface area contributed by atoms with E-state index >= 15 is 0 Å². The highest BCUT2D eigenvalue weighted by Gasteiger charge is 2.33. The monoisotopic (exact) mass is 323 g/mol. The first-order valence-electron chi connectivity index (χ1n) is 8.33. The molecule has 6 nitrogen and oxygen atoms in total. The third-order valence-corrected chi connectivity index (χ3v) is 4.63. The fraction of sp³-hybridized carbons (Fsp3) is 0.389. The van der Waals surface area contributed by atoms with Gasteiger partial charge in [0.1, 0.15) is 0 Å². The number of amides is 1. The normalized spacial score (nSPS) is 17.4. The lowest BCUT2D eigenvalue weighted by Crippen LogP contribution is -2.60. The van der Waals surface area contributed by atoms with Crippen LogP contribution in [0.2, 0.25) is 0 Å². The Hall–Kier alpha value is -2.47. The lowest BCUT2D eigenvalue weighted by Gasteiger charge is -2.40. The van der Waals surface area contributed by atoms with E-state index in [0.717, 1.165) is 37.4 Å². The number of aromatic nitrogens is 2. The SMILES string of the molecule is Cc1cc(C)cc(Nc2ncc3c(n2)CCN(C2CNC2)C3=O)c1. The average molecular weight is 323 g/mol. The number of fused-ring (bicyclic) bond motifs is 1. The molecule has 0 atom stereocenters. The Kier molecular flexibility index (Phi) is 3.69. The van der Waals surface area contributed by atoms with E-state index in [1.54, 1.807) is 6.20 Å². The smallest absolute Gasteiger partial charge is 0.257 e. The molecule has 0 bridgehead atoms. The van der Waals surface area contributed by atoms with Gasteiger partial charge in [0.05, 0.1) is 17.3 Å². The van der Waals surface area contributed by atoms with E-state index in [0.29, 0.717) is 17.6 Å². The Bertz CT molecular complexity index is 780. The number of hydrogen-bond donors (Lipinski definition) is 2. The van der Waals surface area contributed by atoms with E-state index in [4.69, 9.17) is 0 Å². The molecule has 0 radical (unpaired) electrons. The van der Waals surface area contributed by atoms with Crippen molar-refractivity contribution in [2.24, 2.45) is 0 Å². The zero-order valence-corrected chi connectivity index (χ0v) is 14.0. The van der Waals surface area contributed by atoms with Gasteiger partial charge >= 0.3 is 0 Å². The van der Waals surface area contributed by atoms with Gasteiger partial charge < -0.3 is 15.5 Å². The standard InChI is InChI=1S/C18H21N5O/c1-11-5-12(2)7-13(6-11)21-18-20-10-15-16(22-18)3-4-23(17(15)24)14-8-19-9-14/h5-7,10,14,19H,3-4,8-9H2,1-2H3,(H,20,21,22). The van der Waals surface area contributed by atoms with Crippen molar-refractivity contribution in [3.8, 4) is 0 Å². The summed E-state index contributed by atoms with van der Waals surface area (Å²) in [5.41, 5.74) is 4.83. The summed E-state index contributed by atoms with van der Waals surface area (Å²) in [6.07, 6.45) is 2.44. The zero-order chi connectivity index (χ0) is 16.7. The molecule has 4 rings (SSSR count). The molecular weight excluding hydrogens is 302 g/mol. The summed E-state index contributed by atoms with van der Waals surface area (Å²) in [6.45, 7) is 6.63. The molecule has 1 fully saturated rings. The number of anilines is 2. The van der Waals surface area contributed by atoms with Gasteiger partial charge in [0.15, 0.2) is 0 Å². The van der Waals surface area contributed by atoms with Crippen LogP contribution in [0.1, 0.15) is 27.2 Å². The van der Waals surface area contributed by atoms with Crippen molar-refractivity contribution in [3.05, 3.63) is 46.8 Å². The Morgan fingerprint density at radius 1 is 1.21 bits per heavy atom. The largest absolute Gasteiger partial charge is 0.333 e. The average Bonchev–Trinajstić information content (AvgIpc) is 2.47. The minimum atomic E-state index is 0.0562. The van der Waals surface area contributed by atoms with Crippen molar-refractivity contribution in [1.29, 1.82) is 0 Å². The highest BCUT2D eigenvalue weighted by atomic mass is 16.2. The van der Waals surface area contributed by atoms with Crippen LogP contribution in [0.3, 0.4) is 0 Å². The minimum Gasteiger partial charge on any atom is -0.333 e. The number of carbonyl (C=O) groups is 1. The summed E-state index contributed by atoms with van der Waals surface area (Å²) in [4.78, 5) is 23.5. The van der Waals surface area contributed by atoms with Crippen LogP contribution in [0, 0.1) is 13.8 Å². The van der Waals surface area contributed by atoms with Gasteiger partial charge in [-0.15, -0.1) is 0 Å². The zero-order valence-electron chi connectivity index (χ0n) is 14.0. The van der Waals surface area contributed by atoms with Gasteiger partial charge in [0.25, 0.3) is 5.91 Å². The molecule has 24 heavy (non-hydrogen) atoms. The molecule has 0 saturated carbocycles. The van der Waals surface area contributed by atoms with Crippen LogP contribution in [0.4, 0.5) is 11.6 Å². The second-order valence-electron chi connectivity index (χ2n) is 6.62. The molecule has 3 heterocycles. The number of rotatable bonds is 3. The Morgan fingerprint density at radius 2 is 1.96 bits per heavy atom. The third-order valence-electron chi connectivity index (χ3n) is 4.63. The summed E-state index contributed by atoms with van der Waals surface area (Å²) in [5, 5.41) is 6.46. The molecule has 2 aliphatic heterocycles. The molecule has 2 aromatic rings. The van der Waals surface area contributed by atoms with Crippen molar-refractivity contribution in [1.82, 2.24) is 20.2 Å². The molecule has 0 spiro atoms. The molecule has 1 aromatic carbocycles. The Labute approximate surface area is 141 Å². The van der Waals surface area contributed by atoms with Gasteiger partial charge in [-0.3, -0.25) is 4.79 Å². The van der Waals surface area contributed by atoms with Crippen LogP contribution in [-0.4, -0.2) is 46.5 Å². The fourth-order valence-corrected chi connectivity index (χ4v) is 3.35. The van der Waals surface area contributed by atoms with Crippen LogP contribution in [-0.2, 0) is 6.42 Å². The van der Waals surface area contributed by atoms with Crippen LogP contribution in [0.5, 0.6) is 0 Å². The van der Waals surface area contributed by atoms with Crippen molar-refractivity contribution >= 4 is 17.5 Å². The van der Waals surface area contributed by atoms with Gasteiger partial charge in [0.2, 0.25) is 5.95 Å². The van der Waals surface area contributed by atoms with E-state index in [-0.39, 0.29) is 5.91 Å². The maximum absolute atomic E-state index is 12.6. The second-order valence-corrected chi connectivity index (χ2v) is 6.62. The summed E-state index contributed by atoms with van der Waals surface area (Å²) >= 11 is 0. The van der Waals surface area contributed by atoms with E-state index < -0.39 is 0 Å². The number of nitrogens with zero attached hydrogens (tertiary/aromatic N) is 3. The molecule has 124 valence electrons. The molecular formula is C18H21N5O. The molecule has 2 aliphatic rings. The summed E-state index contributed by atoms with van der Waals surface area (Å²) in [7, 11) is 0. The minimum absolute atomic E-state index is 0.0562. The summed E-state index contributed by atoms with van der Waals surface area (Å²) in [6, 6.07) is 6.57. The van der Waals surface area contributed by atoms with Gasteiger partial charge in [-0.2, -0.15) is 0 Å². The van der Waals surface area contributed by atoms with Crippen LogP contribution >= 0.6 is 0 Å². The number of aryl methyl sites for hydroxylation is 2. The summed E-state index contributed by atoms with van der Waals surface area (Å²) < 4.78 is 0. The Morgan fingerprint density at radius 3 is 2.62 bits per heavy atom. The second kappa shape index (κ2) is 5.87. The Balaban J connectivity index is 1.56. The van der Waals surface area contributed by atoms with E-state index in [1.165, 1.54) is 11.1 Å². The molecule has 1 aromatic heterocycles. The third kappa shape index (κ3) is 2.73. The predicted molar refractivity (Wildman–Crippen MR) is 92.6 cm³/mol. The number of benzene rings is 1. The lowest BCUT2D eigenvalue weighted by molar-refractivity contribution is 0.0593. The first-order valence-corrected chi connectivity index (χ1v) is 8.33. The first-order chi connectivity index (χ1) is 11.6. The predicted octanol–water partition coefficient (Wildman–Crippen LogP) is 1.81. The summed E-state index contributed by atoms with van der Waals surface area (Å²) in [5.74, 6) is 0.603. The molecule has 1 saturated heterocycles. The molecule has 0 aliphatic carbocycles. The van der Waals surface area contributed by atoms with Gasteiger partial charge in [0, 0.05) is 37.9 Å². The molecule has 6 heteroatoms. The van der Waals surface area contributed by atoms with Crippen molar-refractivity contribution in [2.75, 3.05) is 25.0 Å². The van der Waals surface area contributed by atoms with Crippen LogP contribution < -0.4 is 10.6 Å². The lowest BCUT2D eigenvalue weighted by atomic mass is 10.0. The fourth-order valence-electron chi connectivity index (χ4n) is 3.35. The van der Waals surface area contributed by atoms with E-state index in [2.05, 4.69) is 52.6 Å². The quantitative estimate of drug-likeness (QED) is 0.901. The highest BCUT2D eigenvalue weighted by Crippen LogP contribution is 2.23. The first kappa shape index (κ1) is 15.1. The maximum atomic E-state index is 12.6. The molecule has 0 unspecified atom stereocenters. The van der Waals surface area contributed by atoms with Crippen LogP contribution in [0.25, 0.3) is 0 Å². The number of carbonyl (C=O) groups excluding carboxylic acids is 1. The number of hydrogen-bond acceptors (Lipinski definition) is 5. The van der Waals surface area contributed by atoms with Crippen molar-refractivity contribution in [3.63, 3.8) is 0 Å². The molecule has 1 amide bonds. The molecule has 2 N–H and O–H groups in total. The van der Waals surface area contributed by atoms with E-state index in [1.807, 2.05) is 4.90 Å². The van der Waals surface area contributed by atoms with Gasteiger partial charge in [-0.1, -0.05) is 6.07 Å². The maximum Gasteiger partial charge on any atom is 0.257 e. The highest BCUT2D eigenvalue weighted by molar-refractivity contribution is 5.96.